The molecular weight excluding hydrogens is 200 g/mol. The van der Waals surface area contributed by atoms with Gasteiger partial charge in [0.25, 0.3) is 5.69 Å². The molecule has 0 heterocycles. The third-order valence-electron chi connectivity index (χ3n) is 1.76. The first-order chi connectivity index (χ1) is 7.15. The number of para-hydroxylation sites is 1. The Morgan fingerprint density at radius 2 is 2.20 bits per heavy atom. The first-order valence-electron chi connectivity index (χ1n) is 4.18. The van der Waals surface area contributed by atoms with Crippen LogP contribution in [0.3, 0.4) is 0 Å². The van der Waals surface area contributed by atoms with Crippen LogP contribution in [0.2, 0.25) is 0 Å². The molecule has 0 unspecified atom stereocenters. The SMILES string of the molecule is CN(C=O)OCc1ccccc1[N+](=O)[O-]. The number of hydrogen-bond donors (Lipinski definition) is 0. The molecule has 0 aromatic heterocycles. The molecule has 0 aliphatic heterocycles. The summed E-state index contributed by atoms with van der Waals surface area (Å²) in [6.45, 7) is -0.00755. The summed E-state index contributed by atoms with van der Waals surface area (Å²) in [6.07, 6.45) is 0.481. The molecule has 15 heavy (non-hydrogen) atoms. The van der Waals surface area contributed by atoms with Gasteiger partial charge in [0.1, 0.15) is 6.61 Å². The summed E-state index contributed by atoms with van der Waals surface area (Å²) in [5.74, 6) is 0. The number of nitro benzene ring substituents is 1. The van der Waals surface area contributed by atoms with E-state index in [-0.39, 0.29) is 12.3 Å². The van der Waals surface area contributed by atoms with Crippen molar-refractivity contribution >= 4 is 12.1 Å². The number of nitro groups is 1. The van der Waals surface area contributed by atoms with Crippen molar-refractivity contribution in [2.24, 2.45) is 0 Å². The van der Waals surface area contributed by atoms with E-state index >= 15 is 0 Å². The Bertz CT molecular complexity index is 367. The molecule has 0 saturated carbocycles. The van der Waals surface area contributed by atoms with E-state index in [2.05, 4.69) is 0 Å². The second-order valence-electron chi connectivity index (χ2n) is 2.81. The van der Waals surface area contributed by atoms with Crippen LogP contribution in [0, 0.1) is 10.1 Å². The molecule has 6 nitrogen and oxygen atoms in total. The second-order valence-corrected chi connectivity index (χ2v) is 2.81. The Morgan fingerprint density at radius 1 is 1.53 bits per heavy atom. The van der Waals surface area contributed by atoms with Gasteiger partial charge < -0.3 is 0 Å². The van der Waals surface area contributed by atoms with Crippen LogP contribution < -0.4 is 0 Å². The highest BCUT2D eigenvalue weighted by atomic mass is 16.7. The molecule has 1 amide bonds. The Morgan fingerprint density at radius 3 is 2.80 bits per heavy atom. The van der Waals surface area contributed by atoms with Crippen molar-refractivity contribution in [1.82, 2.24) is 5.06 Å². The van der Waals surface area contributed by atoms with E-state index in [1.54, 1.807) is 18.2 Å². The molecule has 0 radical (unpaired) electrons. The van der Waals surface area contributed by atoms with E-state index in [9.17, 15) is 14.9 Å². The van der Waals surface area contributed by atoms with Gasteiger partial charge in [-0.15, -0.1) is 0 Å². The van der Waals surface area contributed by atoms with E-state index in [0.29, 0.717) is 12.0 Å². The first kappa shape index (κ1) is 11.1. The molecule has 0 bridgehead atoms. The fraction of sp³-hybridized carbons (Fsp3) is 0.222. The Balaban J connectivity index is 2.76. The number of benzene rings is 1. The minimum absolute atomic E-state index is 0.00755. The van der Waals surface area contributed by atoms with Crippen LogP contribution in [0.5, 0.6) is 0 Å². The normalized spacial score (nSPS) is 9.67. The van der Waals surface area contributed by atoms with Gasteiger partial charge in [-0.25, -0.2) is 5.06 Å². The van der Waals surface area contributed by atoms with Crippen molar-refractivity contribution in [2.75, 3.05) is 7.05 Å². The Kier molecular flexibility index (Phi) is 3.75. The lowest BCUT2D eigenvalue weighted by molar-refractivity contribution is -0.386. The molecule has 1 rings (SSSR count). The number of carbonyl (C=O) groups is 1. The van der Waals surface area contributed by atoms with Gasteiger partial charge in [0, 0.05) is 13.1 Å². The first-order valence-corrected chi connectivity index (χ1v) is 4.18. The summed E-state index contributed by atoms with van der Waals surface area (Å²) in [6, 6.07) is 6.22. The summed E-state index contributed by atoms with van der Waals surface area (Å²) in [5.41, 5.74) is 0.410. The van der Waals surface area contributed by atoms with E-state index in [4.69, 9.17) is 4.84 Å². The number of rotatable bonds is 5. The highest BCUT2D eigenvalue weighted by Gasteiger charge is 2.12. The number of hydrogen-bond acceptors (Lipinski definition) is 4. The average molecular weight is 210 g/mol. The predicted octanol–water partition coefficient (Wildman–Crippen LogP) is 1.11. The van der Waals surface area contributed by atoms with Gasteiger partial charge >= 0.3 is 0 Å². The molecule has 0 fully saturated rings. The van der Waals surface area contributed by atoms with Crippen LogP contribution in [0.4, 0.5) is 5.69 Å². The maximum Gasteiger partial charge on any atom is 0.275 e. The molecule has 0 aliphatic carbocycles. The van der Waals surface area contributed by atoms with Crippen molar-refractivity contribution in [3.63, 3.8) is 0 Å². The van der Waals surface area contributed by atoms with Gasteiger partial charge in [-0.1, -0.05) is 12.1 Å². The van der Waals surface area contributed by atoms with Crippen LogP contribution >= 0.6 is 0 Å². The summed E-state index contributed by atoms with van der Waals surface area (Å²) < 4.78 is 0. The number of amides is 1. The standard InChI is InChI=1S/C9H10N2O4/c1-10(7-12)15-6-8-4-2-3-5-9(8)11(13)14/h2-5,7H,6H2,1H3. The summed E-state index contributed by atoms with van der Waals surface area (Å²) >= 11 is 0. The van der Waals surface area contributed by atoms with Gasteiger partial charge in [-0.2, -0.15) is 0 Å². The monoisotopic (exact) mass is 210 g/mol. The van der Waals surface area contributed by atoms with E-state index in [0.717, 1.165) is 5.06 Å². The van der Waals surface area contributed by atoms with Crippen LogP contribution in [-0.2, 0) is 16.2 Å². The van der Waals surface area contributed by atoms with Crippen molar-refractivity contribution in [1.29, 1.82) is 0 Å². The lowest BCUT2D eigenvalue weighted by atomic mass is 10.2. The molecule has 6 heteroatoms. The van der Waals surface area contributed by atoms with Crippen molar-refractivity contribution in [3.8, 4) is 0 Å². The maximum atomic E-state index is 10.6. The molecular formula is C9H10N2O4. The molecule has 0 saturated heterocycles. The van der Waals surface area contributed by atoms with Crippen LogP contribution in [0.25, 0.3) is 0 Å². The lowest BCUT2D eigenvalue weighted by Crippen LogP contribution is -2.16. The summed E-state index contributed by atoms with van der Waals surface area (Å²) in [5, 5.41) is 11.6. The highest BCUT2D eigenvalue weighted by Crippen LogP contribution is 2.18. The molecule has 0 N–H and O–H groups in total. The van der Waals surface area contributed by atoms with Gasteiger partial charge in [0.2, 0.25) is 6.41 Å². The zero-order valence-corrected chi connectivity index (χ0v) is 8.12. The summed E-state index contributed by atoms with van der Waals surface area (Å²) in [7, 11) is 1.42. The third kappa shape index (κ3) is 3.03. The third-order valence-corrected chi connectivity index (χ3v) is 1.76. The quantitative estimate of drug-likeness (QED) is 0.414. The zero-order chi connectivity index (χ0) is 11.3. The Labute approximate surface area is 86.2 Å². The molecule has 80 valence electrons. The zero-order valence-electron chi connectivity index (χ0n) is 8.12. The number of carbonyl (C=O) groups excluding carboxylic acids is 1. The Hall–Kier alpha value is -1.95. The van der Waals surface area contributed by atoms with Gasteiger partial charge in [-0.05, 0) is 6.07 Å². The lowest BCUT2D eigenvalue weighted by Gasteiger charge is -2.10. The fourth-order valence-corrected chi connectivity index (χ4v) is 1.01. The van der Waals surface area contributed by atoms with Crippen LogP contribution in [-0.4, -0.2) is 23.4 Å². The van der Waals surface area contributed by atoms with Crippen LogP contribution in [0.1, 0.15) is 5.56 Å². The molecule has 0 atom stereocenters. The van der Waals surface area contributed by atoms with Crippen molar-refractivity contribution < 1.29 is 14.6 Å². The van der Waals surface area contributed by atoms with E-state index in [1.807, 2.05) is 0 Å². The van der Waals surface area contributed by atoms with Crippen molar-refractivity contribution in [3.05, 3.63) is 39.9 Å². The van der Waals surface area contributed by atoms with E-state index < -0.39 is 4.92 Å². The molecule has 0 spiro atoms. The molecule has 1 aromatic carbocycles. The highest BCUT2D eigenvalue weighted by molar-refractivity contribution is 5.44. The minimum atomic E-state index is -0.487. The van der Waals surface area contributed by atoms with Crippen LogP contribution in [0.15, 0.2) is 24.3 Å². The maximum absolute atomic E-state index is 10.6. The smallest absolute Gasteiger partial charge is 0.275 e. The number of nitrogens with zero attached hydrogens (tertiary/aromatic N) is 2. The largest absolute Gasteiger partial charge is 0.276 e. The van der Waals surface area contributed by atoms with Gasteiger partial charge in [0.05, 0.1) is 10.5 Å². The van der Waals surface area contributed by atoms with E-state index in [1.165, 1.54) is 13.1 Å². The average Bonchev–Trinajstić information content (AvgIpc) is 2.26. The summed E-state index contributed by atoms with van der Waals surface area (Å²) in [4.78, 5) is 25.3. The predicted molar refractivity (Wildman–Crippen MR) is 51.7 cm³/mol. The number of hydroxylamine groups is 2. The topological polar surface area (TPSA) is 72.7 Å². The molecule has 1 aromatic rings. The van der Waals surface area contributed by atoms with Crippen molar-refractivity contribution in [2.45, 2.75) is 6.61 Å². The molecule has 0 aliphatic rings. The fourth-order valence-electron chi connectivity index (χ4n) is 1.01. The van der Waals surface area contributed by atoms with Gasteiger partial charge in [0.15, 0.2) is 0 Å². The second kappa shape index (κ2) is 5.06. The van der Waals surface area contributed by atoms with Gasteiger partial charge in [-0.3, -0.25) is 19.7 Å². The minimum Gasteiger partial charge on any atom is -0.276 e.